The normalized spacial score (nSPS) is 11.4. The maximum Gasteiger partial charge on any atom is 0.278 e. The molecular weight excluding hydrogens is 336 g/mol. The van der Waals surface area contributed by atoms with E-state index in [-0.39, 0.29) is 11.1 Å². The summed E-state index contributed by atoms with van der Waals surface area (Å²) in [4.78, 5) is 26.8. The van der Waals surface area contributed by atoms with E-state index in [1.807, 2.05) is 61.5 Å². The van der Waals surface area contributed by atoms with E-state index in [4.69, 9.17) is 0 Å². The monoisotopic (exact) mass is 352 g/mol. The number of nitrogens with zero attached hydrogens (tertiary/aromatic N) is 2. The predicted octanol–water partition coefficient (Wildman–Crippen LogP) is 4.04. The molecule has 4 heteroatoms. The highest BCUT2D eigenvalue weighted by molar-refractivity contribution is 5.89. The molecule has 0 saturated carbocycles. The van der Waals surface area contributed by atoms with Crippen LogP contribution in [0.1, 0.15) is 5.56 Å². The van der Waals surface area contributed by atoms with Gasteiger partial charge in [-0.25, -0.2) is 9.03 Å². The van der Waals surface area contributed by atoms with Crippen molar-refractivity contribution in [3.05, 3.63) is 105 Å². The van der Waals surface area contributed by atoms with Gasteiger partial charge in [0, 0.05) is 10.9 Å². The first-order chi connectivity index (χ1) is 13.2. The first-order valence-corrected chi connectivity index (χ1v) is 8.82. The summed E-state index contributed by atoms with van der Waals surface area (Å²) in [5.41, 5.74) is 2.93. The topological polar surface area (TPSA) is 43.0 Å². The van der Waals surface area contributed by atoms with Crippen LogP contribution in [0.4, 0.5) is 0 Å². The minimum absolute atomic E-state index is 0.196. The Morgan fingerprint density at radius 1 is 0.593 bits per heavy atom. The highest BCUT2D eigenvalue weighted by atomic mass is 16.2. The van der Waals surface area contributed by atoms with Gasteiger partial charge in [0.05, 0.1) is 22.0 Å². The molecule has 0 fully saturated rings. The average molecular weight is 352 g/mol. The third kappa shape index (κ3) is 2.10. The van der Waals surface area contributed by atoms with E-state index in [9.17, 15) is 9.59 Å². The fourth-order valence-corrected chi connectivity index (χ4v) is 3.88. The largest absolute Gasteiger partial charge is 0.278 e. The summed E-state index contributed by atoms with van der Waals surface area (Å²) in [5, 5.41) is 1.81. The smallest absolute Gasteiger partial charge is 0.267 e. The maximum atomic E-state index is 13.4. The summed E-state index contributed by atoms with van der Waals surface area (Å²) in [5.74, 6) is 0. The Hall–Kier alpha value is -3.66. The van der Waals surface area contributed by atoms with Crippen molar-refractivity contribution in [2.45, 2.75) is 6.92 Å². The number of rotatable bonds is 1. The van der Waals surface area contributed by atoms with Crippen molar-refractivity contribution in [2.75, 3.05) is 0 Å². The molecule has 0 aliphatic heterocycles. The van der Waals surface area contributed by atoms with Crippen molar-refractivity contribution >= 4 is 21.7 Å². The fourth-order valence-electron chi connectivity index (χ4n) is 3.88. The molecular formula is C23H16N2O2. The van der Waals surface area contributed by atoms with Crippen molar-refractivity contribution in [3.8, 4) is 11.3 Å². The highest BCUT2D eigenvalue weighted by Gasteiger charge is 2.18. The van der Waals surface area contributed by atoms with Gasteiger partial charge >= 0.3 is 0 Å². The second kappa shape index (κ2) is 5.68. The molecule has 0 amide bonds. The molecule has 2 heterocycles. The van der Waals surface area contributed by atoms with Crippen molar-refractivity contribution in [1.82, 2.24) is 9.03 Å². The van der Waals surface area contributed by atoms with Crippen LogP contribution in [0.25, 0.3) is 32.9 Å². The molecule has 3 aromatic carbocycles. The van der Waals surface area contributed by atoms with Gasteiger partial charge in [0.25, 0.3) is 11.1 Å². The zero-order valence-corrected chi connectivity index (χ0v) is 14.7. The van der Waals surface area contributed by atoms with Crippen LogP contribution in [-0.2, 0) is 0 Å². The van der Waals surface area contributed by atoms with Crippen LogP contribution in [0, 0.1) is 6.92 Å². The second-order valence-corrected chi connectivity index (χ2v) is 6.64. The molecule has 0 aliphatic carbocycles. The lowest BCUT2D eigenvalue weighted by atomic mass is 10.0. The molecule has 5 rings (SSSR count). The van der Waals surface area contributed by atoms with Gasteiger partial charge in [0.1, 0.15) is 0 Å². The van der Waals surface area contributed by atoms with Gasteiger partial charge in [0.15, 0.2) is 0 Å². The molecule has 2 aromatic heterocycles. The second-order valence-electron chi connectivity index (χ2n) is 6.64. The lowest BCUT2D eigenvalue weighted by molar-refractivity contribution is 0.774. The van der Waals surface area contributed by atoms with E-state index in [0.29, 0.717) is 10.8 Å². The number of hydrogen-bond acceptors (Lipinski definition) is 2. The number of para-hydroxylation sites is 1. The average Bonchev–Trinajstić information content (AvgIpc) is 2.72. The Bertz CT molecular complexity index is 1460. The van der Waals surface area contributed by atoms with Gasteiger partial charge in [-0.2, -0.15) is 0 Å². The minimum atomic E-state index is -0.196. The maximum absolute atomic E-state index is 13.4. The van der Waals surface area contributed by atoms with Gasteiger partial charge in [0.2, 0.25) is 0 Å². The molecule has 0 bridgehead atoms. The van der Waals surface area contributed by atoms with Crippen LogP contribution in [0.15, 0.2) is 88.5 Å². The minimum Gasteiger partial charge on any atom is -0.267 e. The van der Waals surface area contributed by atoms with Crippen molar-refractivity contribution in [2.24, 2.45) is 0 Å². The molecule has 0 saturated heterocycles. The van der Waals surface area contributed by atoms with Gasteiger partial charge in [-0.1, -0.05) is 60.7 Å². The van der Waals surface area contributed by atoms with Crippen molar-refractivity contribution < 1.29 is 0 Å². The van der Waals surface area contributed by atoms with Crippen molar-refractivity contribution in [1.29, 1.82) is 0 Å². The first-order valence-electron chi connectivity index (χ1n) is 8.82. The van der Waals surface area contributed by atoms with Gasteiger partial charge in [-0.15, -0.1) is 0 Å². The number of hydrogen-bond donors (Lipinski definition) is 0. The third-order valence-electron chi connectivity index (χ3n) is 5.12. The molecule has 27 heavy (non-hydrogen) atoms. The third-order valence-corrected chi connectivity index (χ3v) is 5.12. The van der Waals surface area contributed by atoms with Crippen LogP contribution >= 0.6 is 0 Å². The van der Waals surface area contributed by atoms with Crippen LogP contribution in [0.3, 0.4) is 0 Å². The van der Waals surface area contributed by atoms with E-state index in [0.717, 1.165) is 27.7 Å². The first kappa shape index (κ1) is 15.6. The number of aryl methyl sites for hydroxylation is 1. The van der Waals surface area contributed by atoms with E-state index in [2.05, 4.69) is 0 Å². The van der Waals surface area contributed by atoms with Crippen LogP contribution < -0.4 is 11.1 Å². The molecule has 0 unspecified atom stereocenters. The zero-order valence-electron chi connectivity index (χ0n) is 14.7. The molecule has 0 radical (unpaired) electrons. The van der Waals surface area contributed by atoms with Crippen LogP contribution in [-0.4, -0.2) is 9.03 Å². The molecule has 0 aliphatic rings. The summed E-state index contributed by atoms with van der Waals surface area (Å²) in [6.45, 7) is 2.00. The molecule has 0 atom stereocenters. The van der Waals surface area contributed by atoms with Crippen LogP contribution in [0.2, 0.25) is 0 Å². The SMILES string of the molecule is Cc1c(-c2ccccc2)n2c(=O)c3ccccc3c(=O)n2c2ccccc12. The summed E-state index contributed by atoms with van der Waals surface area (Å²) in [6.07, 6.45) is 0. The fraction of sp³-hybridized carbons (Fsp3) is 0.0435. The predicted molar refractivity (Wildman–Crippen MR) is 109 cm³/mol. The van der Waals surface area contributed by atoms with E-state index >= 15 is 0 Å². The number of benzene rings is 3. The number of aromatic nitrogens is 2. The standard InChI is InChI=1S/C23H16N2O2/c1-15-17-11-7-8-14-20(17)24-22(26)18-12-5-6-13-19(18)23(27)25(24)21(15)16-9-3-2-4-10-16/h2-14H,1H3. The van der Waals surface area contributed by atoms with Crippen LogP contribution in [0.5, 0.6) is 0 Å². The summed E-state index contributed by atoms with van der Waals surface area (Å²) in [6, 6.07) is 24.4. The summed E-state index contributed by atoms with van der Waals surface area (Å²) < 4.78 is 3.03. The van der Waals surface area contributed by atoms with Gasteiger partial charge in [-0.3, -0.25) is 9.59 Å². The summed E-state index contributed by atoms with van der Waals surface area (Å²) >= 11 is 0. The molecule has 5 aromatic rings. The molecule has 0 N–H and O–H groups in total. The Labute approximate surface area is 154 Å². The Balaban J connectivity index is 2.20. The highest BCUT2D eigenvalue weighted by Crippen LogP contribution is 2.28. The lowest BCUT2D eigenvalue weighted by Crippen LogP contribution is -2.32. The molecule has 130 valence electrons. The zero-order chi connectivity index (χ0) is 18.5. The summed E-state index contributed by atoms with van der Waals surface area (Å²) in [7, 11) is 0. The lowest BCUT2D eigenvalue weighted by Gasteiger charge is -2.17. The quantitative estimate of drug-likeness (QED) is 0.337. The van der Waals surface area contributed by atoms with E-state index in [1.54, 1.807) is 24.3 Å². The van der Waals surface area contributed by atoms with Gasteiger partial charge in [-0.05, 0) is 30.7 Å². The van der Waals surface area contributed by atoms with E-state index < -0.39 is 0 Å². The van der Waals surface area contributed by atoms with Crippen molar-refractivity contribution in [3.63, 3.8) is 0 Å². The molecule has 0 spiro atoms. The van der Waals surface area contributed by atoms with Gasteiger partial charge < -0.3 is 0 Å². The molecule has 4 nitrogen and oxygen atoms in total. The Kier molecular flexibility index (Phi) is 3.28. The Morgan fingerprint density at radius 3 is 1.78 bits per heavy atom. The Morgan fingerprint density at radius 2 is 1.11 bits per heavy atom. The van der Waals surface area contributed by atoms with E-state index in [1.165, 1.54) is 9.03 Å². The number of fused-ring (bicyclic) bond motifs is 4.